The van der Waals surface area contributed by atoms with Gasteiger partial charge in [-0.2, -0.15) is 13.2 Å². The van der Waals surface area contributed by atoms with Crippen LogP contribution in [0.2, 0.25) is 0 Å². The van der Waals surface area contributed by atoms with Crippen LogP contribution >= 0.6 is 15.9 Å². The minimum Gasteiger partial charge on any atom is -0.393 e. The predicted octanol–water partition coefficient (Wildman–Crippen LogP) is 2.69. The summed E-state index contributed by atoms with van der Waals surface area (Å²) in [6.45, 7) is 0. The van der Waals surface area contributed by atoms with Crippen molar-refractivity contribution in [3.63, 3.8) is 0 Å². The van der Waals surface area contributed by atoms with Crippen LogP contribution < -0.4 is 5.73 Å². The lowest BCUT2D eigenvalue weighted by Gasteiger charge is -2.33. The topological polar surface area (TPSA) is 46.2 Å². The zero-order valence-corrected chi connectivity index (χ0v) is 10.6. The zero-order valence-electron chi connectivity index (χ0n) is 9.01. The highest BCUT2D eigenvalue weighted by Gasteiger charge is 2.65. The van der Waals surface area contributed by atoms with Crippen LogP contribution in [0, 0.1) is 11.7 Å². The van der Waals surface area contributed by atoms with Gasteiger partial charge in [0.15, 0.2) is 0 Å². The Kier molecular flexibility index (Phi) is 3.19. The first-order valence-electron chi connectivity index (χ1n) is 5.17. The molecule has 0 aliphatic heterocycles. The molecule has 0 amide bonds. The Morgan fingerprint density at radius 2 is 1.89 bits per heavy atom. The zero-order chi connectivity index (χ0) is 13.7. The van der Waals surface area contributed by atoms with Crippen LogP contribution in [-0.4, -0.2) is 17.4 Å². The Labute approximate surface area is 109 Å². The first-order valence-corrected chi connectivity index (χ1v) is 5.96. The molecular weight excluding hydrogens is 318 g/mol. The molecule has 1 aromatic rings. The molecule has 1 aliphatic rings. The molecule has 7 heteroatoms. The molecule has 2 nitrogen and oxygen atoms in total. The lowest BCUT2D eigenvalue weighted by Crippen LogP contribution is -2.53. The predicted molar refractivity (Wildman–Crippen MR) is 60.1 cm³/mol. The van der Waals surface area contributed by atoms with Crippen molar-refractivity contribution in [2.45, 2.75) is 24.2 Å². The number of hydrogen-bond acceptors (Lipinski definition) is 2. The van der Waals surface area contributed by atoms with Gasteiger partial charge in [0.25, 0.3) is 0 Å². The summed E-state index contributed by atoms with van der Waals surface area (Å²) in [5.41, 5.74) is 1.91. The van der Waals surface area contributed by atoms with E-state index in [0.717, 1.165) is 12.1 Å². The standard InChI is InChI=1S/C11H10BrF4NO/c12-5-1-2-8(13)6(3-5)10(17,11(14,15)16)7-4-9(7)18/h1-3,7,9,18H,4,17H2/t7-,9?,10+/m0/s1. The summed E-state index contributed by atoms with van der Waals surface area (Å²) in [5.74, 6) is -2.24. The summed E-state index contributed by atoms with van der Waals surface area (Å²) in [4.78, 5) is 0. The van der Waals surface area contributed by atoms with E-state index in [4.69, 9.17) is 5.73 Å². The van der Waals surface area contributed by atoms with Gasteiger partial charge in [0, 0.05) is 16.0 Å². The van der Waals surface area contributed by atoms with Crippen LogP contribution in [0.1, 0.15) is 12.0 Å². The summed E-state index contributed by atoms with van der Waals surface area (Å²) in [6.07, 6.45) is -6.06. The van der Waals surface area contributed by atoms with Gasteiger partial charge < -0.3 is 10.8 Å². The third-order valence-electron chi connectivity index (χ3n) is 3.18. The average Bonchev–Trinajstić information content (AvgIpc) is 2.97. The van der Waals surface area contributed by atoms with Crippen molar-refractivity contribution >= 4 is 15.9 Å². The van der Waals surface area contributed by atoms with Gasteiger partial charge in [-0.15, -0.1) is 0 Å². The van der Waals surface area contributed by atoms with E-state index in [0.29, 0.717) is 4.47 Å². The van der Waals surface area contributed by atoms with E-state index in [1.54, 1.807) is 0 Å². The van der Waals surface area contributed by atoms with E-state index in [1.807, 2.05) is 0 Å². The Bertz CT molecular complexity index is 479. The molecule has 3 N–H and O–H groups in total. The molecule has 2 rings (SSSR count). The highest BCUT2D eigenvalue weighted by molar-refractivity contribution is 9.10. The first kappa shape index (κ1) is 13.8. The van der Waals surface area contributed by atoms with Gasteiger partial charge in [0.1, 0.15) is 11.4 Å². The van der Waals surface area contributed by atoms with Crippen molar-refractivity contribution in [1.29, 1.82) is 0 Å². The number of halogens is 5. The van der Waals surface area contributed by atoms with E-state index in [2.05, 4.69) is 15.9 Å². The van der Waals surface area contributed by atoms with Gasteiger partial charge in [0.05, 0.1) is 6.10 Å². The van der Waals surface area contributed by atoms with E-state index < -0.39 is 35.1 Å². The lowest BCUT2D eigenvalue weighted by atomic mass is 9.84. The van der Waals surface area contributed by atoms with Crippen LogP contribution in [-0.2, 0) is 5.54 Å². The van der Waals surface area contributed by atoms with Gasteiger partial charge in [-0.05, 0) is 24.6 Å². The molecule has 1 unspecified atom stereocenters. The second-order valence-corrected chi connectivity index (χ2v) is 5.32. The fourth-order valence-electron chi connectivity index (χ4n) is 2.05. The Balaban J connectivity index is 2.57. The van der Waals surface area contributed by atoms with Crippen LogP contribution in [0.5, 0.6) is 0 Å². The van der Waals surface area contributed by atoms with E-state index in [9.17, 15) is 22.7 Å². The highest BCUT2D eigenvalue weighted by atomic mass is 79.9. The smallest absolute Gasteiger partial charge is 0.393 e. The van der Waals surface area contributed by atoms with Crippen molar-refractivity contribution in [3.05, 3.63) is 34.1 Å². The SMILES string of the molecule is N[C@](c1cc(Br)ccc1F)([C@H]1CC1O)C(F)(F)F. The van der Waals surface area contributed by atoms with Gasteiger partial charge in [0.2, 0.25) is 0 Å². The van der Waals surface area contributed by atoms with Crippen LogP contribution in [0.15, 0.2) is 22.7 Å². The number of rotatable bonds is 2. The number of hydrogen-bond donors (Lipinski definition) is 2. The summed E-state index contributed by atoms with van der Waals surface area (Å²) >= 11 is 2.99. The quantitative estimate of drug-likeness (QED) is 0.820. The van der Waals surface area contributed by atoms with Gasteiger partial charge in [-0.25, -0.2) is 4.39 Å². The molecule has 100 valence electrons. The molecule has 1 aromatic carbocycles. The fraction of sp³-hybridized carbons (Fsp3) is 0.455. The summed E-state index contributed by atoms with van der Waals surface area (Å²) in [6, 6.07) is 3.22. The molecular formula is C11H10BrF4NO. The molecule has 0 spiro atoms. The summed E-state index contributed by atoms with van der Waals surface area (Å²) in [7, 11) is 0. The fourth-order valence-corrected chi connectivity index (χ4v) is 2.41. The minimum absolute atomic E-state index is 0.0814. The second-order valence-electron chi connectivity index (χ2n) is 4.40. The summed E-state index contributed by atoms with van der Waals surface area (Å²) in [5, 5.41) is 9.23. The maximum Gasteiger partial charge on any atom is 0.411 e. The van der Waals surface area contributed by atoms with Crippen molar-refractivity contribution in [2.24, 2.45) is 11.7 Å². The number of aliphatic hydroxyl groups is 1. The molecule has 1 saturated carbocycles. The molecule has 18 heavy (non-hydrogen) atoms. The molecule has 0 aromatic heterocycles. The third-order valence-corrected chi connectivity index (χ3v) is 3.68. The normalized spacial score (nSPS) is 26.8. The number of alkyl halides is 3. The van der Waals surface area contributed by atoms with Crippen LogP contribution in [0.4, 0.5) is 17.6 Å². The van der Waals surface area contributed by atoms with Gasteiger partial charge >= 0.3 is 6.18 Å². The Morgan fingerprint density at radius 1 is 1.33 bits per heavy atom. The monoisotopic (exact) mass is 327 g/mol. The molecule has 0 bridgehead atoms. The van der Waals surface area contributed by atoms with Crippen LogP contribution in [0.25, 0.3) is 0 Å². The van der Waals surface area contributed by atoms with E-state index in [1.165, 1.54) is 6.07 Å². The molecule has 1 fully saturated rings. The third kappa shape index (κ3) is 2.04. The van der Waals surface area contributed by atoms with Crippen molar-refractivity contribution in [1.82, 2.24) is 0 Å². The van der Waals surface area contributed by atoms with Crippen molar-refractivity contribution < 1.29 is 22.7 Å². The maximum atomic E-state index is 13.6. The van der Waals surface area contributed by atoms with Crippen molar-refractivity contribution in [2.75, 3.05) is 0 Å². The van der Waals surface area contributed by atoms with E-state index >= 15 is 0 Å². The first-order chi connectivity index (χ1) is 8.18. The van der Waals surface area contributed by atoms with Gasteiger partial charge in [-0.3, -0.25) is 0 Å². The Hall–Kier alpha value is -0.660. The highest BCUT2D eigenvalue weighted by Crippen LogP contribution is 2.53. The molecule has 0 radical (unpaired) electrons. The molecule has 1 aliphatic carbocycles. The largest absolute Gasteiger partial charge is 0.411 e. The Morgan fingerprint density at radius 3 is 2.33 bits per heavy atom. The summed E-state index contributed by atoms with van der Waals surface area (Å²) < 4.78 is 53.4. The molecule has 0 heterocycles. The second kappa shape index (κ2) is 4.18. The van der Waals surface area contributed by atoms with Gasteiger partial charge in [-0.1, -0.05) is 15.9 Å². The van der Waals surface area contributed by atoms with Crippen LogP contribution in [0.3, 0.4) is 0 Å². The van der Waals surface area contributed by atoms with Crippen molar-refractivity contribution in [3.8, 4) is 0 Å². The molecule has 0 saturated heterocycles. The molecule has 3 atom stereocenters. The minimum atomic E-state index is -4.84. The number of benzene rings is 1. The van der Waals surface area contributed by atoms with E-state index in [-0.39, 0.29) is 6.42 Å². The lowest BCUT2D eigenvalue weighted by molar-refractivity contribution is -0.199. The number of nitrogens with two attached hydrogens (primary N) is 1. The average molecular weight is 328 g/mol. The number of aliphatic hydroxyl groups excluding tert-OH is 1. The maximum absolute atomic E-state index is 13.6.